The Morgan fingerprint density at radius 2 is 1.67 bits per heavy atom. The number of nitrogens with zero attached hydrogens (tertiary/aromatic N) is 2. The number of hydrogen-bond acceptors (Lipinski definition) is 3. The quantitative estimate of drug-likeness (QED) is 0.376. The second-order valence-corrected chi connectivity index (χ2v) is 6.19. The van der Waals surface area contributed by atoms with Gasteiger partial charge in [0.2, 0.25) is 5.91 Å². The minimum atomic E-state index is -0.131. The Balaban J connectivity index is 3.92. The van der Waals surface area contributed by atoms with E-state index in [0.717, 1.165) is 19.4 Å². The van der Waals surface area contributed by atoms with Crippen LogP contribution in [0.3, 0.4) is 0 Å². The van der Waals surface area contributed by atoms with Crippen LogP contribution in [0.2, 0.25) is 0 Å². The maximum atomic E-state index is 12.1. The summed E-state index contributed by atoms with van der Waals surface area (Å²) in [5.74, 6) is -0.131. The molecule has 0 aliphatic rings. The van der Waals surface area contributed by atoms with Crippen LogP contribution in [0, 0.1) is 0 Å². The Kier molecular flexibility index (Phi) is 8.89. The van der Waals surface area contributed by atoms with Gasteiger partial charge in [-0.3, -0.25) is 4.79 Å². The number of hydrogen-bond donors (Lipinski definition) is 2. The topological polar surface area (TPSA) is 61.4 Å². The molecule has 0 rings (SSSR count). The van der Waals surface area contributed by atoms with Gasteiger partial charge in [-0.05, 0) is 34.0 Å². The molecule has 3 amide bonds. The van der Waals surface area contributed by atoms with Crippen LogP contribution in [0.15, 0.2) is 12.2 Å². The number of carbonyl (C=O) groups excluding carboxylic acids is 2. The maximum absolute atomic E-state index is 12.1. The van der Waals surface area contributed by atoms with Crippen molar-refractivity contribution in [1.82, 2.24) is 15.5 Å². The minimum Gasteiger partial charge on any atom is -0.352 e. The number of carbonyl (C=O) groups is 2. The van der Waals surface area contributed by atoms with Crippen molar-refractivity contribution in [1.29, 1.82) is 0 Å². The van der Waals surface area contributed by atoms with Gasteiger partial charge >= 0.3 is 6.03 Å². The van der Waals surface area contributed by atoms with Crippen LogP contribution in [0.25, 0.3) is 0 Å². The Bertz CT molecular complexity index is 365. The zero-order valence-corrected chi connectivity index (χ0v) is 14.2. The standard InChI is InChI=1S/C15H30N4O2/c1-13(2)14(20)16-10-8-12-19(5,6)15(21)17-9-7-11-18(3)4/h1,7-12H2,2-6H3,(H-,16,17,20,21)/p+1. The lowest BCUT2D eigenvalue weighted by atomic mass is 10.3. The zero-order valence-electron chi connectivity index (χ0n) is 14.2. The van der Waals surface area contributed by atoms with Crippen LogP contribution in [-0.4, -0.2) is 75.7 Å². The van der Waals surface area contributed by atoms with Crippen molar-refractivity contribution >= 4 is 11.9 Å². The molecule has 0 aliphatic heterocycles. The van der Waals surface area contributed by atoms with Crippen LogP contribution < -0.4 is 10.6 Å². The lowest BCUT2D eigenvalue weighted by molar-refractivity contribution is -0.809. The van der Waals surface area contributed by atoms with Gasteiger partial charge in [-0.25, -0.2) is 9.28 Å². The molecule has 2 N–H and O–H groups in total. The third-order valence-corrected chi connectivity index (χ3v) is 3.18. The largest absolute Gasteiger partial charge is 0.416 e. The first-order chi connectivity index (χ1) is 9.66. The monoisotopic (exact) mass is 299 g/mol. The molecule has 0 aromatic rings. The molecule has 122 valence electrons. The lowest BCUT2D eigenvalue weighted by Gasteiger charge is -2.26. The molecule has 0 aromatic carbocycles. The van der Waals surface area contributed by atoms with Gasteiger partial charge in [0, 0.05) is 25.1 Å². The van der Waals surface area contributed by atoms with E-state index in [2.05, 4.69) is 22.1 Å². The number of rotatable bonds is 9. The highest BCUT2D eigenvalue weighted by molar-refractivity contribution is 5.91. The van der Waals surface area contributed by atoms with Crippen LogP contribution in [0.4, 0.5) is 4.79 Å². The number of nitrogens with one attached hydrogen (secondary N) is 2. The second-order valence-electron chi connectivity index (χ2n) is 6.19. The van der Waals surface area contributed by atoms with E-state index in [9.17, 15) is 9.59 Å². The van der Waals surface area contributed by atoms with Crippen molar-refractivity contribution in [2.75, 3.05) is 54.4 Å². The van der Waals surface area contributed by atoms with Crippen LogP contribution in [0.1, 0.15) is 19.8 Å². The zero-order chi connectivity index (χ0) is 16.5. The third-order valence-electron chi connectivity index (χ3n) is 3.18. The van der Waals surface area contributed by atoms with Crippen molar-refractivity contribution < 1.29 is 14.1 Å². The Labute approximate surface area is 128 Å². The number of quaternary nitrogens is 1. The molecule has 0 radical (unpaired) electrons. The van der Waals surface area contributed by atoms with Crippen LogP contribution in [0.5, 0.6) is 0 Å². The van der Waals surface area contributed by atoms with E-state index >= 15 is 0 Å². The predicted molar refractivity (Wildman–Crippen MR) is 86.0 cm³/mol. The van der Waals surface area contributed by atoms with Crippen LogP contribution >= 0.6 is 0 Å². The van der Waals surface area contributed by atoms with E-state index in [4.69, 9.17) is 0 Å². The van der Waals surface area contributed by atoms with Gasteiger partial charge in [-0.2, -0.15) is 0 Å². The molecule has 0 atom stereocenters. The number of urea groups is 1. The Morgan fingerprint density at radius 1 is 1.10 bits per heavy atom. The fraction of sp³-hybridized carbons (Fsp3) is 0.733. The van der Waals surface area contributed by atoms with Crippen molar-refractivity contribution in [3.8, 4) is 0 Å². The van der Waals surface area contributed by atoms with Crippen molar-refractivity contribution in [3.05, 3.63) is 12.2 Å². The summed E-state index contributed by atoms with van der Waals surface area (Å²) < 4.78 is 0.269. The second kappa shape index (κ2) is 9.52. The first-order valence-electron chi connectivity index (χ1n) is 7.36. The van der Waals surface area contributed by atoms with Gasteiger partial charge < -0.3 is 15.5 Å². The van der Waals surface area contributed by atoms with Gasteiger partial charge in [0.25, 0.3) is 0 Å². The molecule has 0 saturated carbocycles. The van der Waals surface area contributed by atoms with E-state index in [-0.39, 0.29) is 16.4 Å². The third kappa shape index (κ3) is 9.20. The lowest BCUT2D eigenvalue weighted by Crippen LogP contribution is -2.52. The van der Waals surface area contributed by atoms with Gasteiger partial charge in [-0.15, -0.1) is 0 Å². The van der Waals surface area contributed by atoms with E-state index in [1.807, 2.05) is 28.2 Å². The van der Waals surface area contributed by atoms with Gasteiger partial charge in [-0.1, -0.05) is 6.58 Å². The van der Waals surface area contributed by atoms with Crippen molar-refractivity contribution in [2.24, 2.45) is 0 Å². The molecule has 0 saturated heterocycles. The summed E-state index contributed by atoms with van der Waals surface area (Å²) in [4.78, 5) is 25.5. The average Bonchev–Trinajstić information content (AvgIpc) is 2.38. The van der Waals surface area contributed by atoms with Gasteiger partial charge in [0.15, 0.2) is 0 Å². The molecule has 0 spiro atoms. The normalized spacial score (nSPS) is 11.3. The van der Waals surface area contributed by atoms with Crippen molar-refractivity contribution in [3.63, 3.8) is 0 Å². The highest BCUT2D eigenvalue weighted by Gasteiger charge is 2.25. The summed E-state index contributed by atoms with van der Waals surface area (Å²) in [6, 6.07) is 0.0139. The van der Waals surface area contributed by atoms with Gasteiger partial charge in [0.05, 0.1) is 20.6 Å². The fourth-order valence-electron chi connectivity index (χ4n) is 1.73. The first-order valence-corrected chi connectivity index (χ1v) is 7.36. The molecule has 6 heteroatoms. The summed E-state index contributed by atoms with van der Waals surface area (Å²) in [5.41, 5.74) is 0.502. The Hall–Kier alpha value is -1.40. The van der Waals surface area contributed by atoms with Gasteiger partial charge in [0.1, 0.15) is 0 Å². The molecule has 21 heavy (non-hydrogen) atoms. The highest BCUT2D eigenvalue weighted by Crippen LogP contribution is 2.00. The van der Waals surface area contributed by atoms with E-state index < -0.39 is 0 Å². The molecule has 0 fully saturated rings. The molecular weight excluding hydrogens is 268 g/mol. The summed E-state index contributed by atoms with van der Waals surface area (Å²) in [6.45, 7) is 8.14. The van der Waals surface area contributed by atoms with Crippen LogP contribution in [-0.2, 0) is 4.79 Å². The van der Waals surface area contributed by atoms with E-state index in [0.29, 0.717) is 25.2 Å². The van der Waals surface area contributed by atoms with E-state index in [1.54, 1.807) is 6.92 Å². The SMILES string of the molecule is C=C(C)C(=O)NCCC[N+](C)(C)C(=O)NCCCN(C)C. The smallest absolute Gasteiger partial charge is 0.352 e. The molecular formula is C15H31N4O2+. The van der Waals surface area contributed by atoms with E-state index in [1.165, 1.54) is 0 Å². The first kappa shape index (κ1) is 19.6. The summed E-state index contributed by atoms with van der Waals surface area (Å²) in [7, 11) is 7.78. The highest BCUT2D eigenvalue weighted by atomic mass is 16.2. The molecule has 0 aliphatic carbocycles. The molecule has 0 heterocycles. The van der Waals surface area contributed by atoms with Crippen molar-refractivity contribution in [2.45, 2.75) is 19.8 Å². The Morgan fingerprint density at radius 3 is 2.19 bits per heavy atom. The minimum absolute atomic E-state index is 0.0139. The fourth-order valence-corrected chi connectivity index (χ4v) is 1.73. The summed E-state index contributed by atoms with van der Waals surface area (Å²) in [5, 5.41) is 5.72. The predicted octanol–water partition coefficient (Wildman–Crippen LogP) is 0.807. The molecule has 0 aromatic heterocycles. The molecule has 6 nitrogen and oxygen atoms in total. The number of amides is 3. The summed E-state index contributed by atoms with van der Waals surface area (Å²) >= 11 is 0. The maximum Gasteiger partial charge on any atom is 0.416 e. The summed E-state index contributed by atoms with van der Waals surface area (Å²) in [6.07, 6.45) is 1.69. The molecule has 0 bridgehead atoms. The molecule has 0 unspecified atom stereocenters. The average molecular weight is 299 g/mol.